The predicted octanol–water partition coefficient (Wildman–Crippen LogP) is 3.47. The lowest BCUT2D eigenvalue weighted by Gasteiger charge is -2.09. The molecule has 1 N–H and O–H groups in total. The standard InChI is InChI=1S/C16H16BrN3O/c1-10-8-13-14(9-11(10)2)20(6-7-21)16(19-13)12-4-3-5-18-15(12)17/h3-5,8-9,21H,6-7H2,1-2H3. The van der Waals surface area contributed by atoms with E-state index >= 15 is 0 Å². The third kappa shape index (κ3) is 2.47. The fourth-order valence-electron chi connectivity index (χ4n) is 2.46. The zero-order chi connectivity index (χ0) is 15.0. The monoisotopic (exact) mass is 345 g/mol. The van der Waals surface area contributed by atoms with E-state index in [-0.39, 0.29) is 6.61 Å². The lowest BCUT2D eigenvalue weighted by Crippen LogP contribution is -2.04. The first-order chi connectivity index (χ1) is 10.1. The molecule has 0 unspecified atom stereocenters. The van der Waals surface area contributed by atoms with Crippen molar-refractivity contribution in [3.05, 3.63) is 46.2 Å². The Labute approximate surface area is 131 Å². The molecular formula is C16H16BrN3O. The predicted molar refractivity (Wildman–Crippen MR) is 87.2 cm³/mol. The summed E-state index contributed by atoms with van der Waals surface area (Å²) in [7, 11) is 0. The average Bonchev–Trinajstić information content (AvgIpc) is 2.79. The summed E-state index contributed by atoms with van der Waals surface area (Å²) in [6, 6.07) is 8.08. The van der Waals surface area contributed by atoms with E-state index < -0.39 is 0 Å². The van der Waals surface area contributed by atoms with Crippen LogP contribution in [0.2, 0.25) is 0 Å². The van der Waals surface area contributed by atoms with Crippen LogP contribution >= 0.6 is 15.9 Å². The van der Waals surface area contributed by atoms with Crippen molar-refractivity contribution < 1.29 is 5.11 Å². The number of benzene rings is 1. The van der Waals surface area contributed by atoms with E-state index in [4.69, 9.17) is 4.98 Å². The Bertz CT molecular complexity index is 811. The molecule has 0 amide bonds. The van der Waals surface area contributed by atoms with E-state index in [0.29, 0.717) is 6.54 Å². The highest BCUT2D eigenvalue weighted by molar-refractivity contribution is 9.10. The van der Waals surface area contributed by atoms with Gasteiger partial charge in [0, 0.05) is 12.7 Å². The molecule has 108 valence electrons. The van der Waals surface area contributed by atoms with Crippen molar-refractivity contribution in [3.63, 3.8) is 0 Å². The summed E-state index contributed by atoms with van der Waals surface area (Å²) >= 11 is 3.48. The Morgan fingerprint density at radius 1 is 1.24 bits per heavy atom. The maximum absolute atomic E-state index is 9.39. The molecule has 3 aromatic rings. The molecule has 4 nitrogen and oxygen atoms in total. The van der Waals surface area contributed by atoms with Gasteiger partial charge in [-0.25, -0.2) is 9.97 Å². The van der Waals surface area contributed by atoms with Crippen molar-refractivity contribution in [3.8, 4) is 11.4 Å². The number of halogens is 1. The highest BCUT2D eigenvalue weighted by Gasteiger charge is 2.15. The maximum Gasteiger partial charge on any atom is 0.143 e. The topological polar surface area (TPSA) is 50.9 Å². The molecule has 0 aliphatic carbocycles. The van der Waals surface area contributed by atoms with Crippen molar-refractivity contribution in [1.82, 2.24) is 14.5 Å². The van der Waals surface area contributed by atoms with Crippen LogP contribution < -0.4 is 0 Å². The quantitative estimate of drug-likeness (QED) is 0.739. The molecule has 5 heteroatoms. The molecule has 0 fully saturated rings. The molecule has 0 bridgehead atoms. The average molecular weight is 346 g/mol. The van der Waals surface area contributed by atoms with Crippen molar-refractivity contribution in [2.24, 2.45) is 0 Å². The third-order valence-electron chi connectivity index (χ3n) is 3.69. The summed E-state index contributed by atoms with van der Waals surface area (Å²) in [6.07, 6.45) is 1.74. The molecule has 0 saturated carbocycles. The minimum absolute atomic E-state index is 0.0727. The smallest absolute Gasteiger partial charge is 0.143 e. The van der Waals surface area contributed by atoms with Crippen molar-refractivity contribution in [2.75, 3.05) is 6.61 Å². The minimum atomic E-state index is 0.0727. The number of rotatable bonds is 3. The summed E-state index contributed by atoms with van der Waals surface area (Å²) in [5.74, 6) is 0.823. The van der Waals surface area contributed by atoms with Gasteiger partial charge in [0.2, 0.25) is 0 Å². The summed E-state index contributed by atoms with van der Waals surface area (Å²) in [6.45, 7) is 4.75. The number of hydrogen-bond donors (Lipinski definition) is 1. The zero-order valence-corrected chi connectivity index (χ0v) is 13.6. The Hall–Kier alpha value is -1.72. The highest BCUT2D eigenvalue weighted by atomic mass is 79.9. The van der Waals surface area contributed by atoms with Gasteiger partial charge in [-0.1, -0.05) is 0 Å². The lowest BCUT2D eigenvalue weighted by atomic mass is 10.1. The van der Waals surface area contributed by atoms with Crippen LogP contribution in [-0.2, 0) is 6.54 Å². The minimum Gasteiger partial charge on any atom is -0.395 e. The van der Waals surface area contributed by atoms with Gasteiger partial charge in [0.25, 0.3) is 0 Å². The molecule has 2 heterocycles. The molecular weight excluding hydrogens is 330 g/mol. The number of hydrogen-bond acceptors (Lipinski definition) is 3. The van der Waals surface area contributed by atoms with Crippen LogP contribution in [0.5, 0.6) is 0 Å². The van der Waals surface area contributed by atoms with Gasteiger partial charge >= 0.3 is 0 Å². The van der Waals surface area contributed by atoms with Gasteiger partial charge in [-0.15, -0.1) is 0 Å². The zero-order valence-electron chi connectivity index (χ0n) is 12.0. The van der Waals surface area contributed by atoms with Crippen LogP contribution in [0.25, 0.3) is 22.4 Å². The van der Waals surface area contributed by atoms with Crippen LogP contribution in [0.15, 0.2) is 35.1 Å². The normalized spacial score (nSPS) is 11.2. The first-order valence-electron chi connectivity index (χ1n) is 6.81. The molecule has 3 rings (SSSR count). The van der Waals surface area contributed by atoms with E-state index in [0.717, 1.165) is 27.0 Å². The molecule has 0 radical (unpaired) electrons. The van der Waals surface area contributed by atoms with E-state index in [1.165, 1.54) is 11.1 Å². The maximum atomic E-state index is 9.39. The second-order valence-electron chi connectivity index (χ2n) is 5.08. The van der Waals surface area contributed by atoms with Crippen LogP contribution in [0, 0.1) is 13.8 Å². The first-order valence-corrected chi connectivity index (χ1v) is 7.60. The number of aryl methyl sites for hydroxylation is 2. The van der Waals surface area contributed by atoms with Crippen LogP contribution in [0.1, 0.15) is 11.1 Å². The summed E-state index contributed by atoms with van der Waals surface area (Å²) < 4.78 is 2.80. The highest BCUT2D eigenvalue weighted by Crippen LogP contribution is 2.30. The van der Waals surface area contributed by atoms with E-state index in [2.05, 4.69) is 46.9 Å². The number of imidazole rings is 1. The lowest BCUT2D eigenvalue weighted by molar-refractivity contribution is 0.278. The fourth-order valence-corrected chi connectivity index (χ4v) is 2.89. The van der Waals surface area contributed by atoms with Gasteiger partial charge in [-0.05, 0) is 65.2 Å². The summed E-state index contributed by atoms with van der Waals surface area (Å²) in [5, 5.41) is 9.39. The van der Waals surface area contributed by atoms with E-state index in [1.807, 2.05) is 16.7 Å². The Morgan fingerprint density at radius 3 is 2.71 bits per heavy atom. The van der Waals surface area contributed by atoms with Gasteiger partial charge in [-0.3, -0.25) is 0 Å². The van der Waals surface area contributed by atoms with E-state index in [9.17, 15) is 5.11 Å². The molecule has 0 aliphatic heterocycles. The molecule has 0 saturated heterocycles. The largest absolute Gasteiger partial charge is 0.395 e. The number of aromatic nitrogens is 3. The summed E-state index contributed by atoms with van der Waals surface area (Å²) in [5.41, 5.74) is 5.35. The molecule has 1 aromatic carbocycles. The number of pyridine rings is 1. The number of nitrogens with zero attached hydrogens (tertiary/aromatic N) is 3. The number of fused-ring (bicyclic) bond motifs is 1. The van der Waals surface area contributed by atoms with E-state index in [1.54, 1.807) is 6.20 Å². The molecule has 0 atom stereocenters. The SMILES string of the molecule is Cc1cc2nc(-c3cccnc3Br)n(CCO)c2cc1C. The van der Waals surface area contributed by atoms with Crippen molar-refractivity contribution >= 4 is 27.0 Å². The Balaban J connectivity index is 2.32. The second-order valence-corrected chi connectivity index (χ2v) is 5.83. The molecule has 2 aromatic heterocycles. The van der Waals surface area contributed by atoms with Gasteiger partial charge < -0.3 is 9.67 Å². The van der Waals surface area contributed by atoms with Crippen LogP contribution in [-0.4, -0.2) is 26.2 Å². The van der Waals surface area contributed by atoms with Gasteiger partial charge in [0.05, 0.1) is 23.2 Å². The van der Waals surface area contributed by atoms with Gasteiger partial charge in [0.1, 0.15) is 10.4 Å². The van der Waals surface area contributed by atoms with Gasteiger partial charge in [0.15, 0.2) is 0 Å². The summed E-state index contributed by atoms with van der Waals surface area (Å²) in [4.78, 5) is 9.01. The number of aliphatic hydroxyl groups is 1. The van der Waals surface area contributed by atoms with Gasteiger partial charge in [-0.2, -0.15) is 0 Å². The second kappa shape index (κ2) is 5.58. The first kappa shape index (κ1) is 14.2. The third-order valence-corrected chi connectivity index (χ3v) is 4.32. The van der Waals surface area contributed by atoms with Crippen molar-refractivity contribution in [2.45, 2.75) is 20.4 Å². The fraction of sp³-hybridized carbons (Fsp3) is 0.250. The van der Waals surface area contributed by atoms with Crippen LogP contribution in [0.4, 0.5) is 0 Å². The Kier molecular flexibility index (Phi) is 3.78. The van der Waals surface area contributed by atoms with Crippen molar-refractivity contribution in [1.29, 1.82) is 0 Å². The molecule has 0 aliphatic rings. The van der Waals surface area contributed by atoms with Crippen LogP contribution in [0.3, 0.4) is 0 Å². The number of aliphatic hydroxyl groups excluding tert-OH is 1. The Morgan fingerprint density at radius 2 is 2.00 bits per heavy atom. The molecule has 21 heavy (non-hydrogen) atoms. The molecule has 0 spiro atoms.